The van der Waals surface area contributed by atoms with Crippen LogP contribution in [0, 0.1) is 5.92 Å². The molecule has 1 amide bonds. The van der Waals surface area contributed by atoms with E-state index in [1.165, 1.54) is 0 Å². The van der Waals surface area contributed by atoms with Crippen LogP contribution in [0.1, 0.15) is 12.0 Å². The fraction of sp³-hybridized carbons (Fsp3) is 0.417. The molecule has 0 aromatic heterocycles. The van der Waals surface area contributed by atoms with Gasteiger partial charge in [-0.25, -0.2) is 0 Å². The number of amides is 1. The summed E-state index contributed by atoms with van der Waals surface area (Å²) in [6, 6.07) is 5.36. The van der Waals surface area contributed by atoms with Gasteiger partial charge in [0.25, 0.3) is 0 Å². The van der Waals surface area contributed by atoms with Crippen LogP contribution in [-0.2, 0) is 11.3 Å². The lowest BCUT2D eigenvalue weighted by Crippen LogP contribution is -2.27. The number of hydrogen-bond acceptors (Lipinski definition) is 3. The Hall–Kier alpha value is -1.07. The number of phenols is 1. The standard InChI is InChI=1S/C12H15BrN2O2/c13-10-1-2-11(16)9(5-10)7-15-4-3-8(6-15)12(14)17/h1-2,5,8,16H,3-4,6-7H2,(H2,14,17). The molecule has 1 unspecified atom stereocenters. The van der Waals surface area contributed by atoms with E-state index in [4.69, 9.17) is 5.73 Å². The predicted octanol–water partition coefficient (Wildman–Crippen LogP) is 1.46. The number of halogens is 1. The van der Waals surface area contributed by atoms with Crippen molar-refractivity contribution in [2.75, 3.05) is 13.1 Å². The lowest BCUT2D eigenvalue weighted by Gasteiger charge is -2.16. The first-order valence-corrected chi connectivity index (χ1v) is 6.34. The minimum atomic E-state index is -0.231. The summed E-state index contributed by atoms with van der Waals surface area (Å²) in [5, 5.41) is 9.73. The average molecular weight is 299 g/mol. The van der Waals surface area contributed by atoms with Crippen LogP contribution < -0.4 is 5.73 Å². The van der Waals surface area contributed by atoms with Gasteiger partial charge >= 0.3 is 0 Å². The third-order valence-corrected chi connectivity index (χ3v) is 3.60. The second kappa shape index (κ2) is 5.06. The molecule has 0 aliphatic carbocycles. The summed E-state index contributed by atoms with van der Waals surface area (Å²) < 4.78 is 0.941. The Morgan fingerprint density at radius 3 is 3.00 bits per heavy atom. The first-order chi connectivity index (χ1) is 8.06. The molecule has 2 rings (SSSR count). The van der Waals surface area contributed by atoms with E-state index in [9.17, 15) is 9.90 Å². The van der Waals surface area contributed by atoms with Crippen LogP contribution in [0.3, 0.4) is 0 Å². The highest BCUT2D eigenvalue weighted by molar-refractivity contribution is 9.10. The van der Waals surface area contributed by atoms with Crippen LogP contribution in [0.15, 0.2) is 22.7 Å². The molecule has 0 spiro atoms. The SMILES string of the molecule is NC(=O)C1CCN(Cc2cc(Br)ccc2O)C1. The van der Waals surface area contributed by atoms with E-state index in [1.807, 2.05) is 6.07 Å². The number of aromatic hydroxyl groups is 1. The number of primary amides is 1. The van der Waals surface area contributed by atoms with Crippen molar-refractivity contribution in [2.24, 2.45) is 11.7 Å². The van der Waals surface area contributed by atoms with Gasteiger partial charge < -0.3 is 10.8 Å². The lowest BCUT2D eigenvalue weighted by atomic mass is 10.1. The van der Waals surface area contributed by atoms with Crippen molar-refractivity contribution in [3.05, 3.63) is 28.2 Å². The fourth-order valence-corrected chi connectivity index (χ4v) is 2.54. The Bertz CT molecular complexity index is 437. The number of hydrogen-bond donors (Lipinski definition) is 2. The van der Waals surface area contributed by atoms with Gasteiger partial charge in [0.15, 0.2) is 0 Å². The van der Waals surface area contributed by atoms with E-state index in [1.54, 1.807) is 12.1 Å². The Morgan fingerprint density at radius 1 is 1.59 bits per heavy atom. The summed E-state index contributed by atoms with van der Waals surface area (Å²) in [7, 11) is 0. The van der Waals surface area contributed by atoms with Crippen LogP contribution >= 0.6 is 15.9 Å². The van der Waals surface area contributed by atoms with Crippen molar-refractivity contribution in [2.45, 2.75) is 13.0 Å². The van der Waals surface area contributed by atoms with Gasteiger partial charge in [-0.05, 0) is 31.2 Å². The third kappa shape index (κ3) is 2.98. The van der Waals surface area contributed by atoms with Crippen molar-refractivity contribution in [3.8, 4) is 5.75 Å². The summed E-state index contributed by atoms with van der Waals surface area (Å²) >= 11 is 3.38. The van der Waals surface area contributed by atoms with E-state index in [2.05, 4.69) is 20.8 Å². The van der Waals surface area contributed by atoms with Crippen molar-refractivity contribution in [1.82, 2.24) is 4.90 Å². The highest BCUT2D eigenvalue weighted by Gasteiger charge is 2.26. The zero-order valence-electron chi connectivity index (χ0n) is 9.40. The van der Waals surface area contributed by atoms with Gasteiger partial charge in [-0.2, -0.15) is 0 Å². The van der Waals surface area contributed by atoms with Crippen molar-refractivity contribution >= 4 is 21.8 Å². The number of rotatable bonds is 3. The van der Waals surface area contributed by atoms with E-state index in [0.717, 1.165) is 23.0 Å². The highest BCUT2D eigenvalue weighted by atomic mass is 79.9. The number of nitrogens with zero attached hydrogens (tertiary/aromatic N) is 1. The average Bonchev–Trinajstić information content (AvgIpc) is 2.72. The van der Waals surface area contributed by atoms with E-state index < -0.39 is 0 Å². The molecule has 1 heterocycles. The van der Waals surface area contributed by atoms with Gasteiger partial charge in [0.1, 0.15) is 5.75 Å². The topological polar surface area (TPSA) is 66.6 Å². The Balaban J connectivity index is 2.02. The zero-order chi connectivity index (χ0) is 12.4. The summed E-state index contributed by atoms with van der Waals surface area (Å²) in [6.07, 6.45) is 0.810. The number of benzene rings is 1. The second-order valence-corrected chi connectivity index (χ2v) is 5.31. The van der Waals surface area contributed by atoms with Crippen molar-refractivity contribution < 1.29 is 9.90 Å². The minimum absolute atomic E-state index is 0.0516. The Labute approximate surface area is 109 Å². The summed E-state index contributed by atoms with van der Waals surface area (Å²) in [4.78, 5) is 13.2. The molecule has 4 nitrogen and oxygen atoms in total. The van der Waals surface area contributed by atoms with Gasteiger partial charge in [0.05, 0.1) is 5.92 Å². The minimum Gasteiger partial charge on any atom is -0.508 e. The molecule has 1 aromatic carbocycles. The van der Waals surface area contributed by atoms with Gasteiger partial charge in [0, 0.05) is 23.1 Å². The van der Waals surface area contributed by atoms with Crippen LogP contribution in [0.4, 0.5) is 0 Å². The number of likely N-dealkylation sites (tertiary alicyclic amines) is 1. The maximum Gasteiger partial charge on any atom is 0.221 e. The van der Waals surface area contributed by atoms with Gasteiger partial charge in [-0.15, -0.1) is 0 Å². The number of carbonyl (C=O) groups excluding carboxylic acids is 1. The summed E-state index contributed by atoms with van der Waals surface area (Å²) in [5.41, 5.74) is 6.15. The van der Waals surface area contributed by atoms with E-state index >= 15 is 0 Å². The molecular formula is C12H15BrN2O2. The normalized spacial score (nSPS) is 20.6. The second-order valence-electron chi connectivity index (χ2n) is 4.40. The molecule has 1 fully saturated rings. The maximum absolute atomic E-state index is 11.1. The largest absolute Gasteiger partial charge is 0.508 e. The molecule has 1 aromatic rings. The summed E-state index contributed by atoms with van der Waals surface area (Å²) in [5.74, 6) is 0.00554. The molecule has 17 heavy (non-hydrogen) atoms. The van der Waals surface area contributed by atoms with Crippen molar-refractivity contribution in [1.29, 1.82) is 0 Å². The Morgan fingerprint density at radius 2 is 2.35 bits per heavy atom. The molecule has 1 aliphatic heterocycles. The molecule has 0 bridgehead atoms. The molecule has 3 N–H and O–H groups in total. The number of carbonyl (C=O) groups is 1. The first kappa shape index (κ1) is 12.4. The summed E-state index contributed by atoms with van der Waals surface area (Å²) in [6.45, 7) is 2.18. The lowest BCUT2D eigenvalue weighted by molar-refractivity contribution is -0.121. The first-order valence-electron chi connectivity index (χ1n) is 5.55. The molecule has 1 saturated heterocycles. The van der Waals surface area contributed by atoms with Crippen LogP contribution in [0.2, 0.25) is 0 Å². The van der Waals surface area contributed by atoms with Crippen molar-refractivity contribution in [3.63, 3.8) is 0 Å². The molecule has 5 heteroatoms. The maximum atomic E-state index is 11.1. The van der Waals surface area contributed by atoms with Gasteiger partial charge in [-0.3, -0.25) is 9.69 Å². The van der Waals surface area contributed by atoms with Crippen LogP contribution in [-0.4, -0.2) is 29.0 Å². The smallest absolute Gasteiger partial charge is 0.221 e. The number of phenolic OH excluding ortho intramolecular Hbond substituents is 1. The fourth-order valence-electron chi connectivity index (χ4n) is 2.13. The molecule has 92 valence electrons. The molecule has 1 atom stereocenters. The van der Waals surface area contributed by atoms with E-state index in [0.29, 0.717) is 13.1 Å². The molecule has 0 saturated carbocycles. The molecule has 0 radical (unpaired) electrons. The molecular weight excluding hydrogens is 284 g/mol. The zero-order valence-corrected chi connectivity index (χ0v) is 11.0. The highest BCUT2D eigenvalue weighted by Crippen LogP contribution is 2.25. The van der Waals surface area contributed by atoms with Crippen LogP contribution in [0.25, 0.3) is 0 Å². The third-order valence-electron chi connectivity index (χ3n) is 3.11. The quantitative estimate of drug-likeness (QED) is 0.888. The van der Waals surface area contributed by atoms with E-state index in [-0.39, 0.29) is 17.6 Å². The van der Waals surface area contributed by atoms with Gasteiger partial charge in [0.2, 0.25) is 5.91 Å². The van der Waals surface area contributed by atoms with Crippen LogP contribution in [0.5, 0.6) is 5.75 Å². The predicted molar refractivity (Wildman–Crippen MR) is 68.4 cm³/mol. The Kier molecular flexibility index (Phi) is 3.69. The monoisotopic (exact) mass is 298 g/mol. The van der Waals surface area contributed by atoms with Gasteiger partial charge in [-0.1, -0.05) is 15.9 Å². The molecule has 1 aliphatic rings. The number of nitrogens with two attached hydrogens (primary N) is 1.